The average Bonchev–Trinajstić information content (AvgIpc) is 2.76. The summed E-state index contributed by atoms with van der Waals surface area (Å²) in [5, 5.41) is 0.594. The lowest BCUT2D eigenvalue weighted by Gasteiger charge is -2.14. The van der Waals surface area contributed by atoms with Gasteiger partial charge in [0.2, 0.25) is 10.0 Å². The third kappa shape index (κ3) is 3.97. The molecule has 19 heavy (non-hydrogen) atoms. The van der Waals surface area contributed by atoms with Crippen LogP contribution in [0.1, 0.15) is 26.2 Å². The van der Waals surface area contributed by atoms with Crippen molar-refractivity contribution in [1.82, 2.24) is 4.72 Å². The van der Waals surface area contributed by atoms with Crippen molar-refractivity contribution in [1.29, 1.82) is 0 Å². The molecule has 6 heteroatoms. The van der Waals surface area contributed by atoms with Gasteiger partial charge in [0.05, 0.1) is 4.90 Å². The third-order valence-corrected chi connectivity index (χ3v) is 7.00. The first-order chi connectivity index (χ1) is 9.03. The standard InChI is InChI=1S/C13H18BrNO2S2/c1-2-18-11-8-7-10(9-11)15-19(16,17)13-6-4-3-5-12(13)14/h3-6,10-11,15H,2,7-9H2,1H3. The molecule has 0 amide bonds. The quantitative estimate of drug-likeness (QED) is 0.871. The highest BCUT2D eigenvalue weighted by molar-refractivity contribution is 9.10. The Morgan fingerprint density at radius 2 is 2.11 bits per heavy atom. The van der Waals surface area contributed by atoms with E-state index in [1.165, 1.54) is 0 Å². The van der Waals surface area contributed by atoms with Crippen molar-refractivity contribution in [3.05, 3.63) is 28.7 Å². The number of hydrogen-bond donors (Lipinski definition) is 1. The smallest absolute Gasteiger partial charge is 0.208 e. The molecule has 0 aliphatic heterocycles. The lowest BCUT2D eigenvalue weighted by atomic mass is 10.3. The third-order valence-electron chi connectivity index (χ3n) is 3.23. The van der Waals surface area contributed by atoms with E-state index in [1.807, 2.05) is 17.8 Å². The van der Waals surface area contributed by atoms with E-state index < -0.39 is 10.0 Å². The number of hydrogen-bond acceptors (Lipinski definition) is 3. The van der Waals surface area contributed by atoms with Gasteiger partial charge >= 0.3 is 0 Å². The van der Waals surface area contributed by atoms with Crippen LogP contribution in [-0.2, 0) is 10.0 Å². The molecule has 2 atom stereocenters. The van der Waals surface area contributed by atoms with E-state index >= 15 is 0 Å². The minimum Gasteiger partial charge on any atom is -0.208 e. The largest absolute Gasteiger partial charge is 0.241 e. The Morgan fingerprint density at radius 3 is 2.79 bits per heavy atom. The van der Waals surface area contributed by atoms with Gasteiger partial charge < -0.3 is 0 Å². The van der Waals surface area contributed by atoms with Crippen LogP contribution in [0.15, 0.2) is 33.6 Å². The van der Waals surface area contributed by atoms with Gasteiger partial charge in [-0.05, 0) is 53.1 Å². The van der Waals surface area contributed by atoms with Gasteiger partial charge in [-0.25, -0.2) is 13.1 Å². The summed E-state index contributed by atoms with van der Waals surface area (Å²) < 4.78 is 28.1. The second-order valence-corrected chi connectivity index (χ2v) is 8.75. The Hall–Kier alpha value is -0.0400. The molecule has 1 aromatic carbocycles. The molecule has 2 rings (SSSR count). The lowest BCUT2D eigenvalue weighted by molar-refractivity contribution is 0.552. The molecule has 0 radical (unpaired) electrons. The monoisotopic (exact) mass is 363 g/mol. The minimum atomic E-state index is -3.42. The highest BCUT2D eigenvalue weighted by Crippen LogP contribution is 2.31. The van der Waals surface area contributed by atoms with Crippen LogP contribution < -0.4 is 4.72 Å². The molecule has 2 unspecified atom stereocenters. The van der Waals surface area contributed by atoms with Crippen LogP contribution in [0, 0.1) is 0 Å². The van der Waals surface area contributed by atoms with Gasteiger partial charge in [0, 0.05) is 15.8 Å². The molecule has 0 heterocycles. The molecule has 106 valence electrons. The topological polar surface area (TPSA) is 46.2 Å². The fourth-order valence-corrected chi connectivity index (χ4v) is 5.81. The number of rotatable bonds is 5. The van der Waals surface area contributed by atoms with Crippen molar-refractivity contribution in [2.75, 3.05) is 5.75 Å². The van der Waals surface area contributed by atoms with Crippen LogP contribution >= 0.6 is 27.7 Å². The molecule has 0 aromatic heterocycles. The minimum absolute atomic E-state index is 0.0705. The molecule has 1 saturated carbocycles. The van der Waals surface area contributed by atoms with E-state index in [0.717, 1.165) is 25.0 Å². The van der Waals surface area contributed by atoms with E-state index in [0.29, 0.717) is 14.6 Å². The first-order valence-electron chi connectivity index (χ1n) is 6.41. The Morgan fingerprint density at radius 1 is 1.37 bits per heavy atom. The van der Waals surface area contributed by atoms with Gasteiger partial charge in [-0.15, -0.1) is 0 Å². The van der Waals surface area contributed by atoms with Crippen molar-refractivity contribution >= 4 is 37.7 Å². The number of sulfonamides is 1. The summed E-state index contributed by atoms with van der Waals surface area (Å²) in [6.07, 6.45) is 2.96. The first-order valence-corrected chi connectivity index (χ1v) is 9.74. The van der Waals surface area contributed by atoms with Crippen molar-refractivity contribution in [3.8, 4) is 0 Å². The second-order valence-electron chi connectivity index (χ2n) is 4.64. The second kappa shape index (κ2) is 6.61. The Balaban J connectivity index is 2.05. The highest BCUT2D eigenvalue weighted by Gasteiger charge is 2.29. The van der Waals surface area contributed by atoms with Crippen molar-refractivity contribution in [3.63, 3.8) is 0 Å². The maximum Gasteiger partial charge on any atom is 0.241 e. The zero-order valence-electron chi connectivity index (χ0n) is 10.8. The Kier molecular flexibility index (Phi) is 5.34. The lowest BCUT2D eigenvalue weighted by Crippen LogP contribution is -2.33. The fraction of sp³-hybridized carbons (Fsp3) is 0.538. The van der Waals surface area contributed by atoms with E-state index in [-0.39, 0.29) is 6.04 Å². The molecular weight excluding hydrogens is 346 g/mol. The van der Waals surface area contributed by atoms with Crippen LogP contribution in [0.4, 0.5) is 0 Å². The number of nitrogens with one attached hydrogen (secondary N) is 1. The molecule has 1 aliphatic rings. The molecule has 1 aliphatic carbocycles. The molecule has 0 spiro atoms. The summed E-state index contributed by atoms with van der Waals surface area (Å²) in [6.45, 7) is 2.14. The fourth-order valence-electron chi connectivity index (χ4n) is 2.38. The summed E-state index contributed by atoms with van der Waals surface area (Å²) in [4.78, 5) is 0.321. The van der Waals surface area contributed by atoms with E-state index in [4.69, 9.17) is 0 Å². The molecule has 1 N–H and O–H groups in total. The highest BCUT2D eigenvalue weighted by atomic mass is 79.9. The molecule has 1 aromatic rings. The SMILES string of the molecule is CCSC1CCC(NS(=O)(=O)c2ccccc2Br)C1. The van der Waals surface area contributed by atoms with Gasteiger partial charge in [-0.3, -0.25) is 0 Å². The average molecular weight is 364 g/mol. The predicted octanol–water partition coefficient (Wildman–Crippen LogP) is 3.40. The van der Waals surface area contributed by atoms with Gasteiger partial charge in [0.25, 0.3) is 0 Å². The van der Waals surface area contributed by atoms with Crippen LogP contribution in [0.3, 0.4) is 0 Å². The molecular formula is C13H18BrNO2S2. The summed E-state index contributed by atoms with van der Waals surface area (Å²) >= 11 is 5.22. The molecule has 3 nitrogen and oxygen atoms in total. The molecule has 1 fully saturated rings. The summed E-state index contributed by atoms with van der Waals surface area (Å²) in [5.74, 6) is 1.09. The number of benzene rings is 1. The first kappa shape index (κ1) is 15.4. The van der Waals surface area contributed by atoms with Gasteiger partial charge in [-0.2, -0.15) is 11.8 Å². The van der Waals surface area contributed by atoms with Gasteiger partial charge in [0.15, 0.2) is 0 Å². The van der Waals surface area contributed by atoms with Crippen LogP contribution in [0.2, 0.25) is 0 Å². The van der Waals surface area contributed by atoms with Gasteiger partial charge in [-0.1, -0.05) is 19.1 Å². The van der Waals surface area contributed by atoms with Gasteiger partial charge in [0.1, 0.15) is 0 Å². The van der Waals surface area contributed by atoms with Crippen LogP contribution in [0.5, 0.6) is 0 Å². The van der Waals surface area contributed by atoms with Crippen LogP contribution in [-0.4, -0.2) is 25.5 Å². The predicted molar refractivity (Wildman–Crippen MR) is 84.0 cm³/mol. The Labute approximate surface area is 127 Å². The number of thioether (sulfide) groups is 1. The van der Waals surface area contributed by atoms with E-state index in [2.05, 4.69) is 27.6 Å². The Bertz CT molecular complexity index is 533. The van der Waals surface area contributed by atoms with Crippen molar-refractivity contribution in [2.24, 2.45) is 0 Å². The summed E-state index contributed by atoms with van der Waals surface area (Å²) in [5.41, 5.74) is 0. The molecule has 0 saturated heterocycles. The maximum absolute atomic E-state index is 12.3. The summed E-state index contributed by atoms with van der Waals surface area (Å²) in [6, 6.07) is 7.00. The van der Waals surface area contributed by atoms with E-state index in [1.54, 1.807) is 18.2 Å². The zero-order chi connectivity index (χ0) is 13.9. The van der Waals surface area contributed by atoms with Crippen LogP contribution in [0.25, 0.3) is 0 Å². The van der Waals surface area contributed by atoms with E-state index in [9.17, 15) is 8.42 Å². The van der Waals surface area contributed by atoms with Crippen molar-refractivity contribution < 1.29 is 8.42 Å². The zero-order valence-corrected chi connectivity index (χ0v) is 14.0. The maximum atomic E-state index is 12.3. The number of halogens is 1. The normalized spacial score (nSPS) is 23.7. The van der Waals surface area contributed by atoms with Crippen molar-refractivity contribution in [2.45, 2.75) is 42.4 Å². The summed E-state index contributed by atoms with van der Waals surface area (Å²) in [7, 11) is -3.42. The molecule has 0 bridgehead atoms.